The van der Waals surface area contributed by atoms with Crippen molar-refractivity contribution in [3.8, 4) is 5.75 Å². The molecular formula is C82H123FN14O22S. The maximum atomic E-state index is 15.0. The van der Waals surface area contributed by atoms with Crippen molar-refractivity contribution in [1.29, 1.82) is 0 Å². The molecule has 120 heavy (non-hydrogen) atoms. The summed E-state index contributed by atoms with van der Waals surface area (Å²) in [4.78, 5) is 223. The number of likely N-dealkylation sites (tertiary alicyclic amines) is 2. The molecule has 0 radical (unpaired) electrons. The minimum absolute atomic E-state index is 0.00336. The van der Waals surface area contributed by atoms with E-state index in [0.29, 0.717) is 60.6 Å². The maximum Gasteiger partial charge on any atom is 0.407 e. The van der Waals surface area contributed by atoms with Crippen molar-refractivity contribution < 1.29 is 110 Å². The van der Waals surface area contributed by atoms with Crippen molar-refractivity contribution in [2.45, 2.75) is 225 Å². The van der Waals surface area contributed by atoms with Gasteiger partial charge in [0.25, 0.3) is 11.8 Å². The predicted octanol–water partition coefficient (Wildman–Crippen LogP) is 4.62. The molecule has 6 rings (SSSR count). The highest BCUT2D eigenvalue weighted by Crippen LogP contribution is 2.52. The summed E-state index contributed by atoms with van der Waals surface area (Å²) in [6.07, 6.45) is -1.79. The lowest BCUT2D eigenvalue weighted by molar-refractivity contribution is -0.198. The molecule has 2 aromatic rings. The number of carbonyl (C=O) groups is 16. The average molecular weight is 1710 g/mol. The van der Waals surface area contributed by atoms with E-state index in [4.69, 9.17) is 34.3 Å². The van der Waals surface area contributed by atoms with Crippen LogP contribution in [-0.2, 0) is 87.9 Å². The highest BCUT2D eigenvalue weighted by molar-refractivity contribution is 8.00. The molecule has 0 aromatic heterocycles. The van der Waals surface area contributed by atoms with E-state index in [-0.39, 0.29) is 144 Å². The second-order valence-corrected chi connectivity index (χ2v) is 33.6. The highest BCUT2D eigenvalue weighted by Gasteiger charge is 2.50. The van der Waals surface area contributed by atoms with Crippen molar-refractivity contribution in [3.63, 3.8) is 0 Å². The number of likely N-dealkylation sites (N-methyl/N-ethyl adjacent to an activating group) is 2. The molecule has 0 spiro atoms. The third kappa shape index (κ3) is 29.1. The third-order valence-corrected chi connectivity index (χ3v) is 23.5. The Hall–Kier alpha value is -10.1. The van der Waals surface area contributed by atoms with Gasteiger partial charge >= 0.3 is 24.2 Å². The largest absolute Gasteiger partial charge is 0.494 e. The number of thioether (sulfide) groups is 1. The number of hydroxylamine groups is 2. The number of ketones is 1. The Morgan fingerprint density at radius 2 is 1.37 bits per heavy atom. The van der Waals surface area contributed by atoms with Crippen molar-refractivity contribution in [1.82, 2.24) is 61.9 Å². The van der Waals surface area contributed by atoms with E-state index in [2.05, 4.69) is 42.5 Å². The molecule has 2 unspecified atom stereocenters. The number of carbonyl (C=O) groups excluding carboxylic acids is 16. The molecule has 3 heterocycles. The van der Waals surface area contributed by atoms with Crippen molar-refractivity contribution in [3.05, 3.63) is 59.4 Å². The average Bonchev–Trinajstić information content (AvgIpc) is 1.61. The second kappa shape index (κ2) is 47.2. The molecule has 666 valence electrons. The van der Waals surface area contributed by atoms with Crippen LogP contribution < -0.4 is 53.0 Å². The Morgan fingerprint density at radius 3 is 1.95 bits per heavy atom. The van der Waals surface area contributed by atoms with Gasteiger partial charge in [0, 0.05) is 96.6 Å². The van der Waals surface area contributed by atoms with Crippen LogP contribution in [0.4, 0.5) is 24.5 Å². The SMILES string of the molecule is CC[C@H](C)C([C@@H](CC(=O)N1C[C@@H](OC(=O)NCCNC(=O)OCc2ccc(NC(=O)[C@H](CCCNC(N)=O)NC(=O)[C@@H](NC(=O)CCCCCN3C(=O)CC(SCC4(CC(=O)ON5C(=O)CCC5=O)CC4)C3=O)C(C)C)cc2)C[C@H]1[C@H](OC)[C@@H](C)C(=O)NCC(=O)c1ccc(OC)c(F)c1)OC)N(C)C(=O)[C@@H](NC(=O)[C@H](C(C)C)N(C)C)C(C)C. The lowest BCUT2D eigenvalue weighted by atomic mass is 9.89. The van der Waals surface area contributed by atoms with Gasteiger partial charge in [0.05, 0.1) is 74.5 Å². The predicted molar refractivity (Wildman–Crippen MR) is 437 cm³/mol. The Bertz CT molecular complexity index is 3920. The first-order valence-corrected chi connectivity index (χ1v) is 42.0. The Morgan fingerprint density at radius 1 is 0.708 bits per heavy atom. The van der Waals surface area contributed by atoms with Crippen LogP contribution in [-0.4, -0.2) is 267 Å². The number of ether oxygens (including phenoxy) is 5. The summed E-state index contributed by atoms with van der Waals surface area (Å²) in [6, 6.07) is 3.71. The van der Waals surface area contributed by atoms with Gasteiger partial charge in [-0.3, -0.25) is 67.3 Å². The van der Waals surface area contributed by atoms with Crippen molar-refractivity contribution in [2.75, 3.05) is 92.8 Å². The topological polar surface area (TPSA) is 467 Å². The number of rotatable bonds is 49. The molecule has 1 aliphatic carbocycles. The zero-order valence-electron chi connectivity index (χ0n) is 71.5. The van der Waals surface area contributed by atoms with Gasteiger partial charge in [0.2, 0.25) is 53.2 Å². The normalized spacial score (nSPS) is 18.5. The summed E-state index contributed by atoms with van der Waals surface area (Å²) in [5.74, 6) is -9.32. The van der Waals surface area contributed by atoms with Gasteiger partial charge in [0.15, 0.2) is 17.3 Å². The Kier molecular flexibility index (Phi) is 38.8. The lowest BCUT2D eigenvalue weighted by Crippen LogP contribution is -2.59. The van der Waals surface area contributed by atoms with E-state index < -0.39 is 167 Å². The summed E-state index contributed by atoms with van der Waals surface area (Å²) >= 11 is 1.29. The molecule has 3 saturated heterocycles. The van der Waals surface area contributed by atoms with Gasteiger partial charge in [-0.1, -0.05) is 87.3 Å². The third-order valence-electron chi connectivity index (χ3n) is 22.0. The first-order chi connectivity index (χ1) is 56.8. The summed E-state index contributed by atoms with van der Waals surface area (Å²) in [5.41, 5.74) is 5.58. The number of halogens is 1. The molecule has 15 amide bonds. The smallest absolute Gasteiger partial charge is 0.407 e. The highest BCUT2D eigenvalue weighted by atomic mass is 32.2. The van der Waals surface area contributed by atoms with E-state index in [1.54, 1.807) is 52.0 Å². The number of primary amides is 1. The number of methoxy groups -OCH3 is 3. The van der Waals surface area contributed by atoms with E-state index >= 15 is 4.79 Å². The van der Waals surface area contributed by atoms with E-state index in [9.17, 15) is 76.3 Å². The summed E-state index contributed by atoms with van der Waals surface area (Å²) < 4.78 is 42.9. The molecule has 1 saturated carbocycles. The van der Waals surface area contributed by atoms with Gasteiger partial charge in [-0.25, -0.2) is 23.6 Å². The number of alkyl carbamates (subject to hydrolysis) is 2. The van der Waals surface area contributed by atoms with E-state index in [0.717, 1.165) is 6.07 Å². The van der Waals surface area contributed by atoms with Gasteiger partial charge in [0.1, 0.15) is 30.8 Å². The van der Waals surface area contributed by atoms with Gasteiger partial charge < -0.3 is 86.6 Å². The first kappa shape index (κ1) is 98.7. The fraction of sp³-hybridized carbons (Fsp3) is 0.659. The van der Waals surface area contributed by atoms with Crippen LogP contribution in [0.25, 0.3) is 0 Å². The Labute approximate surface area is 704 Å². The second-order valence-electron chi connectivity index (χ2n) is 32.4. The van der Waals surface area contributed by atoms with E-state index in [1.807, 2.05) is 41.5 Å². The number of Topliss-reactive ketones (excluding diaryl/α,β-unsaturated/α-hetero) is 1. The van der Waals surface area contributed by atoms with Crippen LogP contribution in [0, 0.1) is 40.8 Å². The molecule has 10 N–H and O–H groups in total. The molecule has 38 heteroatoms. The molecular weight excluding hydrogens is 1580 g/mol. The van der Waals surface area contributed by atoms with Crippen LogP contribution in [0.2, 0.25) is 0 Å². The van der Waals surface area contributed by atoms with Gasteiger partial charge in [-0.15, -0.1) is 16.8 Å². The molecule has 2 aromatic carbocycles. The summed E-state index contributed by atoms with van der Waals surface area (Å²) in [7, 11) is 9.24. The molecule has 36 nitrogen and oxygen atoms in total. The molecule has 3 aliphatic heterocycles. The number of hydrogen-bond acceptors (Lipinski definition) is 24. The minimum Gasteiger partial charge on any atom is -0.494 e. The molecule has 12 atom stereocenters. The molecule has 4 aliphatic rings. The van der Waals surface area contributed by atoms with Crippen LogP contribution >= 0.6 is 11.8 Å². The lowest BCUT2D eigenvalue weighted by Gasteiger charge is -2.41. The monoisotopic (exact) mass is 1710 g/mol. The van der Waals surface area contributed by atoms with Gasteiger partial charge in [-0.05, 0) is 118 Å². The number of hydrogen-bond donors (Lipinski definition) is 9. The Balaban J connectivity index is 0.991. The molecule has 4 fully saturated rings. The van der Waals surface area contributed by atoms with Crippen LogP contribution in [0.5, 0.6) is 5.75 Å². The van der Waals surface area contributed by atoms with Crippen LogP contribution in [0.1, 0.15) is 175 Å². The van der Waals surface area contributed by atoms with Crippen LogP contribution in [0.3, 0.4) is 0 Å². The maximum absolute atomic E-state index is 15.0. The number of nitrogens with one attached hydrogen (secondary N) is 8. The standard InChI is InChI=1S/C82H123FN14O22S/c1-16-49(8)71(94(12)78(110)69(47(4)5)92-76(108)70(48(6)7)93(10)11)60(115-14)39-65(102)96-43-54(38-57(96)72(116-15)50(9)73(105)88-42-58(98)52-25-28-59(114-13)55(83)37-52)118-81(113)87-35-34-86-80(112)117-44-51-23-26-53(27-24-51)89-74(106)56(21-20-33-85-79(84)111)90-75(107)68(46(2)3)91-62(99)22-18-17-19-36-95-66(103)40-61(77(95)109)120-45-82(31-32-82)41-67(104)119-97-63(100)29-30-64(97)101/h23-28,37,46-50,54,56-57,60-61,68-72H,16-22,29-36,38-45H2,1-15H3,(H,86,112)(H,87,113)(H,88,105)(H,89,106)(H,90,107)(H,91,99)(H,92,108)(H3,84,85,111)/t49-,50+,54-,56-,57-,60+,61?,68-,69-,70-,71?,72+/m0/s1. The first-order valence-electron chi connectivity index (χ1n) is 40.9. The zero-order valence-corrected chi connectivity index (χ0v) is 72.4. The fourth-order valence-corrected chi connectivity index (χ4v) is 16.4. The van der Waals surface area contributed by atoms with Crippen molar-refractivity contribution >= 4 is 112 Å². The number of imide groups is 2. The molecule has 0 bridgehead atoms. The minimum atomic E-state index is -1.17. The number of amides is 15. The number of unbranched alkanes of at least 4 members (excludes halogenated alkanes) is 2. The van der Waals surface area contributed by atoms with E-state index in [1.165, 1.54) is 79.0 Å². The summed E-state index contributed by atoms with van der Waals surface area (Å²) in [6.45, 7) is 15.3. The number of anilines is 1. The number of benzene rings is 2. The quantitative estimate of drug-likeness (QED) is 0.0248. The number of urea groups is 1. The number of nitrogens with two attached hydrogens (primary N) is 1. The van der Waals surface area contributed by atoms with Gasteiger partial charge in [-0.2, -0.15) is 0 Å². The fourth-order valence-electron chi connectivity index (χ4n) is 14.9. The van der Waals surface area contributed by atoms with Crippen LogP contribution in [0.15, 0.2) is 42.5 Å². The summed E-state index contributed by atoms with van der Waals surface area (Å²) in [5, 5.41) is 21.3. The zero-order chi connectivity index (χ0) is 89.0. The number of nitrogens with zero attached hydrogens (tertiary/aromatic N) is 5. The van der Waals surface area contributed by atoms with Crippen molar-refractivity contribution in [2.24, 2.45) is 40.7 Å².